The van der Waals surface area contributed by atoms with E-state index < -0.39 is 10.0 Å². The molecule has 1 aliphatic rings. The Morgan fingerprint density at radius 3 is 2.32 bits per heavy atom. The first-order chi connectivity index (χ1) is 11.4. The third-order valence-electron chi connectivity index (χ3n) is 3.81. The average Bonchev–Trinajstić information content (AvgIpc) is 3.06. The number of aliphatic imine (C=N–C) groups is 1. The van der Waals surface area contributed by atoms with Gasteiger partial charge in [-0.1, -0.05) is 24.3 Å². The van der Waals surface area contributed by atoms with Crippen molar-refractivity contribution in [3.63, 3.8) is 0 Å². The summed E-state index contributed by atoms with van der Waals surface area (Å²) < 4.78 is 25.3. The molecule has 25 heavy (non-hydrogen) atoms. The molecule has 6 nitrogen and oxygen atoms in total. The highest BCUT2D eigenvalue weighted by atomic mass is 127. The minimum atomic E-state index is -3.38. The first-order valence-electron chi connectivity index (χ1n) is 8.14. The predicted octanol–water partition coefficient (Wildman–Crippen LogP) is 2.33. The van der Waals surface area contributed by atoms with E-state index in [1.54, 1.807) is 24.3 Å². The van der Waals surface area contributed by atoms with Gasteiger partial charge in [0.15, 0.2) is 5.96 Å². The Morgan fingerprint density at radius 1 is 1.20 bits per heavy atom. The van der Waals surface area contributed by atoms with Crippen molar-refractivity contribution in [2.45, 2.75) is 37.2 Å². The number of hydrogen-bond donors (Lipinski definition) is 2. The van der Waals surface area contributed by atoms with E-state index in [0.29, 0.717) is 17.5 Å². The number of rotatable bonds is 6. The highest BCUT2D eigenvalue weighted by Gasteiger charge is 2.16. The summed E-state index contributed by atoms with van der Waals surface area (Å²) in [5.74, 6) is 0.788. The van der Waals surface area contributed by atoms with Crippen molar-refractivity contribution in [3.8, 4) is 0 Å². The highest BCUT2D eigenvalue weighted by Crippen LogP contribution is 2.14. The highest BCUT2D eigenvalue weighted by molar-refractivity contribution is 14.0. The van der Waals surface area contributed by atoms with Crippen LogP contribution in [0.2, 0.25) is 0 Å². The lowest BCUT2D eigenvalue weighted by molar-refractivity contribution is 0.520. The molecule has 0 spiro atoms. The molecule has 1 aromatic rings. The maximum Gasteiger partial charge on any atom is 0.242 e. The summed E-state index contributed by atoms with van der Waals surface area (Å²) >= 11 is 0. The molecule has 2 rings (SSSR count). The fourth-order valence-corrected chi connectivity index (χ4v) is 3.30. The Bertz CT molecular complexity index is 692. The smallest absolute Gasteiger partial charge is 0.242 e. The number of benzene rings is 1. The van der Waals surface area contributed by atoms with Crippen LogP contribution in [0.1, 0.15) is 25.3 Å². The molecule has 140 valence electrons. The zero-order valence-corrected chi connectivity index (χ0v) is 18.0. The summed E-state index contributed by atoms with van der Waals surface area (Å²) in [6, 6.07) is 7.26. The van der Waals surface area contributed by atoms with Gasteiger partial charge in [0.1, 0.15) is 0 Å². The zero-order chi connectivity index (χ0) is 17.6. The van der Waals surface area contributed by atoms with Crippen molar-refractivity contribution in [3.05, 3.63) is 42.0 Å². The second-order valence-corrected chi connectivity index (χ2v) is 8.06. The fraction of sp³-hybridized carbons (Fsp3) is 0.471. The first-order valence-corrected chi connectivity index (χ1v) is 9.58. The van der Waals surface area contributed by atoms with Crippen molar-refractivity contribution in [2.24, 2.45) is 4.99 Å². The maximum absolute atomic E-state index is 12.1. The SMILES string of the molecule is CCNC(=NCc1ccc(S(=O)(=O)N(C)C)cc1)NC1CC=CC1.I. The molecule has 1 aromatic carbocycles. The molecule has 0 fully saturated rings. The molecule has 0 amide bonds. The molecule has 0 atom stereocenters. The van der Waals surface area contributed by atoms with Gasteiger partial charge in [-0.15, -0.1) is 24.0 Å². The number of nitrogens with zero attached hydrogens (tertiary/aromatic N) is 2. The van der Waals surface area contributed by atoms with Crippen molar-refractivity contribution >= 4 is 40.0 Å². The van der Waals surface area contributed by atoms with E-state index in [1.165, 1.54) is 18.4 Å². The van der Waals surface area contributed by atoms with E-state index in [9.17, 15) is 8.42 Å². The van der Waals surface area contributed by atoms with Gasteiger partial charge < -0.3 is 10.6 Å². The number of guanidine groups is 1. The molecule has 0 aliphatic heterocycles. The molecular weight excluding hydrogens is 451 g/mol. The number of halogens is 1. The molecular formula is C17H27IN4O2S. The minimum Gasteiger partial charge on any atom is -0.357 e. The Morgan fingerprint density at radius 2 is 1.80 bits per heavy atom. The number of hydrogen-bond acceptors (Lipinski definition) is 3. The lowest BCUT2D eigenvalue weighted by Crippen LogP contribution is -2.42. The number of sulfonamides is 1. The molecule has 0 aromatic heterocycles. The summed E-state index contributed by atoms with van der Waals surface area (Å²) in [4.78, 5) is 4.87. The Balaban J connectivity index is 0.00000312. The minimum absolute atomic E-state index is 0. The van der Waals surface area contributed by atoms with Crippen LogP contribution >= 0.6 is 24.0 Å². The van der Waals surface area contributed by atoms with Crippen molar-refractivity contribution < 1.29 is 8.42 Å². The molecule has 0 radical (unpaired) electrons. The summed E-state index contributed by atoms with van der Waals surface area (Å²) in [6.45, 7) is 3.33. The maximum atomic E-state index is 12.1. The van der Waals surface area contributed by atoms with E-state index in [0.717, 1.165) is 30.9 Å². The predicted molar refractivity (Wildman–Crippen MR) is 113 cm³/mol. The van der Waals surface area contributed by atoms with Gasteiger partial charge in [-0.25, -0.2) is 17.7 Å². The summed E-state index contributed by atoms with van der Waals surface area (Å²) in [5, 5.41) is 6.65. The molecule has 2 N–H and O–H groups in total. The largest absolute Gasteiger partial charge is 0.357 e. The van der Waals surface area contributed by atoms with Crippen molar-refractivity contribution in [2.75, 3.05) is 20.6 Å². The van der Waals surface area contributed by atoms with Gasteiger partial charge in [0, 0.05) is 26.7 Å². The Hall–Kier alpha value is -1.13. The van der Waals surface area contributed by atoms with E-state index in [-0.39, 0.29) is 24.0 Å². The van der Waals surface area contributed by atoms with E-state index in [4.69, 9.17) is 0 Å². The van der Waals surface area contributed by atoms with Gasteiger partial charge in [0.25, 0.3) is 0 Å². The van der Waals surface area contributed by atoms with Gasteiger partial charge in [-0.05, 0) is 37.5 Å². The number of nitrogens with one attached hydrogen (secondary N) is 2. The zero-order valence-electron chi connectivity index (χ0n) is 14.9. The van der Waals surface area contributed by atoms with Crippen LogP contribution in [-0.4, -0.2) is 45.4 Å². The first kappa shape index (κ1) is 21.9. The van der Waals surface area contributed by atoms with Crippen LogP contribution in [0, 0.1) is 0 Å². The quantitative estimate of drug-likeness (QED) is 0.285. The third-order valence-corrected chi connectivity index (χ3v) is 5.64. The molecule has 1 aliphatic carbocycles. The summed E-state index contributed by atoms with van der Waals surface area (Å²) in [5.41, 5.74) is 0.967. The molecule has 0 heterocycles. The van der Waals surface area contributed by atoms with Gasteiger partial charge in [0.2, 0.25) is 10.0 Å². The normalized spacial score (nSPS) is 15.3. The summed E-state index contributed by atoms with van der Waals surface area (Å²) in [6.07, 6.45) is 6.37. The fourth-order valence-electron chi connectivity index (χ4n) is 2.40. The van der Waals surface area contributed by atoms with Crippen LogP contribution in [0.15, 0.2) is 46.3 Å². The molecule has 0 bridgehead atoms. The van der Waals surface area contributed by atoms with Crippen molar-refractivity contribution in [1.82, 2.24) is 14.9 Å². The van der Waals surface area contributed by atoms with E-state index in [1.807, 2.05) is 6.92 Å². The van der Waals surface area contributed by atoms with E-state index in [2.05, 4.69) is 27.8 Å². The van der Waals surface area contributed by atoms with Crippen molar-refractivity contribution in [1.29, 1.82) is 0 Å². The third kappa shape index (κ3) is 6.27. The second kappa shape index (κ2) is 10.1. The Labute approximate surface area is 167 Å². The van der Waals surface area contributed by atoms with Gasteiger partial charge in [0.05, 0.1) is 11.4 Å². The standard InChI is InChI=1S/C17H26N4O2S.HI/c1-4-18-17(20-15-7-5-6-8-15)19-13-14-9-11-16(12-10-14)24(22,23)21(2)3;/h5-6,9-12,15H,4,7-8,13H2,1-3H3,(H2,18,19,20);1H. The van der Waals surface area contributed by atoms with Gasteiger partial charge >= 0.3 is 0 Å². The van der Waals surface area contributed by atoms with Gasteiger partial charge in [-0.2, -0.15) is 0 Å². The monoisotopic (exact) mass is 478 g/mol. The average molecular weight is 478 g/mol. The molecule has 0 saturated carbocycles. The molecule has 8 heteroatoms. The van der Waals surface area contributed by atoms with Crippen LogP contribution in [-0.2, 0) is 16.6 Å². The molecule has 0 saturated heterocycles. The van der Waals surface area contributed by atoms with E-state index >= 15 is 0 Å². The van der Waals surface area contributed by atoms with Crippen LogP contribution in [0.25, 0.3) is 0 Å². The summed E-state index contributed by atoms with van der Waals surface area (Å²) in [7, 11) is -0.328. The van der Waals surface area contributed by atoms with Crippen LogP contribution < -0.4 is 10.6 Å². The van der Waals surface area contributed by atoms with Crippen LogP contribution in [0.5, 0.6) is 0 Å². The Kier molecular flexibility index (Phi) is 8.87. The van der Waals surface area contributed by atoms with Crippen LogP contribution in [0.4, 0.5) is 0 Å². The lowest BCUT2D eigenvalue weighted by Gasteiger charge is -2.16. The lowest BCUT2D eigenvalue weighted by atomic mass is 10.2. The second-order valence-electron chi connectivity index (χ2n) is 5.91. The van der Waals surface area contributed by atoms with Gasteiger partial charge in [-0.3, -0.25) is 0 Å². The molecule has 0 unspecified atom stereocenters. The van der Waals surface area contributed by atoms with Crippen LogP contribution in [0.3, 0.4) is 0 Å². The topological polar surface area (TPSA) is 73.8 Å².